The maximum Gasteiger partial charge on any atom is 0.150 e. The SMILES string of the molecule is C/C(=C/c1ccccc1C=O)CO. The van der Waals surface area contributed by atoms with Crippen LogP contribution in [-0.4, -0.2) is 18.0 Å². The van der Waals surface area contributed by atoms with Crippen LogP contribution in [0.15, 0.2) is 29.8 Å². The van der Waals surface area contributed by atoms with Gasteiger partial charge in [0, 0.05) is 5.56 Å². The van der Waals surface area contributed by atoms with E-state index in [0.29, 0.717) is 5.56 Å². The lowest BCUT2D eigenvalue weighted by atomic mass is 10.1. The van der Waals surface area contributed by atoms with E-state index in [4.69, 9.17) is 5.11 Å². The highest BCUT2D eigenvalue weighted by Gasteiger charge is 1.96. The minimum Gasteiger partial charge on any atom is -0.392 e. The Morgan fingerprint density at radius 2 is 2.00 bits per heavy atom. The van der Waals surface area contributed by atoms with Gasteiger partial charge in [0.25, 0.3) is 0 Å². The number of hydrogen-bond donors (Lipinski definition) is 1. The van der Waals surface area contributed by atoms with Crippen molar-refractivity contribution >= 4 is 12.4 Å². The van der Waals surface area contributed by atoms with Gasteiger partial charge in [-0.2, -0.15) is 0 Å². The molecule has 0 bridgehead atoms. The number of rotatable bonds is 3. The Morgan fingerprint density at radius 3 is 2.54 bits per heavy atom. The van der Waals surface area contributed by atoms with Crippen molar-refractivity contribution in [2.24, 2.45) is 0 Å². The minimum atomic E-state index is 0.0210. The van der Waals surface area contributed by atoms with Crippen LogP contribution in [-0.2, 0) is 0 Å². The third kappa shape index (κ3) is 2.53. The summed E-state index contributed by atoms with van der Waals surface area (Å²) in [6.45, 7) is 1.84. The number of carbonyl (C=O) groups is 1. The molecule has 0 atom stereocenters. The molecule has 0 aromatic heterocycles. The first-order valence-corrected chi connectivity index (χ1v) is 4.10. The number of benzene rings is 1. The average molecular weight is 176 g/mol. The molecular weight excluding hydrogens is 164 g/mol. The molecule has 1 aromatic carbocycles. The standard InChI is InChI=1S/C11H12O2/c1-9(7-12)6-10-4-2-3-5-11(10)8-13/h2-6,8,12H,7H2,1H3/b9-6-. The predicted octanol–water partition coefficient (Wildman–Crippen LogP) is 1.89. The van der Waals surface area contributed by atoms with Crippen molar-refractivity contribution in [2.45, 2.75) is 6.92 Å². The van der Waals surface area contributed by atoms with Crippen molar-refractivity contribution in [3.63, 3.8) is 0 Å². The second-order valence-corrected chi connectivity index (χ2v) is 2.90. The Kier molecular flexibility index (Phi) is 3.41. The highest BCUT2D eigenvalue weighted by atomic mass is 16.3. The van der Waals surface area contributed by atoms with Gasteiger partial charge in [-0.25, -0.2) is 0 Å². The fraction of sp³-hybridized carbons (Fsp3) is 0.182. The largest absolute Gasteiger partial charge is 0.392 e. The van der Waals surface area contributed by atoms with Crippen LogP contribution in [0.4, 0.5) is 0 Å². The van der Waals surface area contributed by atoms with Crippen LogP contribution in [0, 0.1) is 0 Å². The highest BCUT2D eigenvalue weighted by Crippen LogP contribution is 2.10. The van der Waals surface area contributed by atoms with E-state index < -0.39 is 0 Å². The number of carbonyl (C=O) groups excluding carboxylic acids is 1. The van der Waals surface area contributed by atoms with Gasteiger partial charge in [0.1, 0.15) is 0 Å². The summed E-state index contributed by atoms with van der Waals surface area (Å²) in [5, 5.41) is 8.80. The van der Waals surface area contributed by atoms with Crippen molar-refractivity contribution in [1.82, 2.24) is 0 Å². The van der Waals surface area contributed by atoms with E-state index in [1.165, 1.54) is 0 Å². The summed E-state index contributed by atoms with van der Waals surface area (Å²) < 4.78 is 0. The number of aliphatic hydroxyl groups excluding tert-OH is 1. The van der Waals surface area contributed by atoms with Gasteiger partial charge in [-0.3, -0.25) is 4.79 Å². The quantitative estimate of drug-likeness (QED) is 0.714. The fourth-order valence-corrected chi connectivity index (χ4v) is 1.06. The van der Waals surface area contributed by atoms with Crippen LogP contribution >= 0.6 is 0 Å². The fourth-order valence-electron chi connectivity index (χ4n) is 1.06. The van der Waals surface area contributed by atoms with Crippen LogP contribution < -0.4 is 0 Å². The zero-order valence-electron chi connectivity index (χ0n) is 7.53. The molecular formula is C11H12O2. The Labute approximate surface area is 77.5 Å². The molecule has 0 aliphatic heterocycles. The summed E-state index contributed by atoms with van der Waals surface area (Å²) in [4.78, 5) is 10.6. The topological polar surface area (TPSA) is 37.3 Å². The Bertz CT molecular complexity index is 327. The second kappa shape index (κ2) is 4.58. The maximum absolute atomic E-state index is 10.6. The first kappa shape index (κ1) is 9.68. The Hall–Kier alpha value is -1.41. The van der Waals surface area contributed by atoms with Crippen molar-refractivity contribution in [2.75, 3.05) is 6.61 Å². The summed E-state index contributed by atoms with van der Waals surface area (Å²) in [7, 11) is 0. The van der Waals surface area contributed by atoms with E-state index in [2.05, 4.69) is 0 Å². The highest BCUT2D eigenvalue weighted by molar-refractivity contribution is 5.82. The Balaban J connectivity index is 3.06. The third-order valence-electron chi connectivity index (χ3n) is 1.77. The van der Waals surface area contributed by atoms with Gasteiger partial charge in [-0.15, -0.1) is 0 Å². The van der Waals surface area contributed by atoms with Crippen LogP contribution in [0.25, 0.3) is 6.08 Å². The van der Waals surface area contributed by atoms with E-state index in [1.54, 1.807) is 6.07 Å². The molecule has 0 unspecified atom stereocenters. The molecule has 1 aromatic rings. The zero-order valence-corrected chi connectivity index (χ0v) is 7.53. The van der Waals surface area contributed by atoms with Crippen molar-refractivity contribution in [3.8, 4) is 0 Å². The molecule has 2 heteroatoms. The first-order chi connectivity index (χ1) is 6.27. The van der Waals surface area contributed by atoms with Gasteiger partial charge >= 0.3 is 0 Å². The summed E-state index contributed by atoms with van der Waals surface area (Å²) in [5.41, 5.74) is 2.34. The van der Waals surface area contributed by atoms with Crippen LogP contribution in [0.5, 0.6) is 0 Å². The molecule has 1 rings (SSSR count). The number of aldehydes is 1. The van der Waals surface area contributed by atoms with Crippen LogP contribution in [0.3, 0.4) is 0 Å². The minimum absolute atomic E-state index is 0.0210. The number of hydrogen-bond acceptors (Lipinski definition) is 2. The molecule has 0 fully saturated rings. The van der Waals surface area contributed by atoms with E-state index in [9.17, 15) is 4.79 Å². The monoisotopic (exact) mass is 176 g/mol. The molecule has 0 aliphatic carbocycles. The van der Waals surface area contributed by atoms with Crippen LogP contribution in [0.2, 0.25) is 0 Å². The van der Waals surface area contributed by atoms with Gasteiger partial charge in [0.05, 0.1) is 6.61 Å². The molecule has 68 valence electrons. The van der Waals surface area contributed by atoms with Crippen molar-refractivity contribution in [3.05, 3.63) is 41.0 Å². The van der Waals surface area contributed by atoms with Crippen LogP contribution in [0.1, 0.15) is 22.8 Å². The smallest absolute Gasteiger partial charge is 0.150 e. The van der Waals surface area contributed by atoms with Gasteiger partial charge < -0.3 is 5.11 Å². The summed E-state index contributed by atoms with van der Waals surface area (Å²) >= 11 is 0. The number of aliphatic hydroxyl groups is 1. The molecule has 0 saturated carbocycles. The normalized spacial score (nSPS) is 11.4. The molecule has 1 N–H and O–H groups in total. The van der Waals surface area contributed by atoms with E-state index in [0.717, 1.165) is 17.4 Å². The van der Waals surface area contributed by atoms with E-state index in [1.807, 2.05) is 31.2 Å². The summed E-state index contributed by atoms with van der Waals surface area (Å²) in [5.74, 6) is 0. The van der Waals surface area contributed by atoms with Gasteiger partial charge in [-0.1, -0.05) is 30.3 Å². The maximum atomic E-state index is 10.6. The Morgan fingerprint density at radius 1 is 1.38 bits per heavy atom. The van der Waals surface area contributed by atoms with Crippen molar-refractivity contribution < 1.29 is 9.90 Å². The van der Waals surface area contributed by atoms with E-state index >= 15 is 0 Å². The summed E-state index contributed by atoms with van der Waals surface area (Å²) in [6.07, 6.45) is 2.63. The van der Waals surface area contributed by atoms with E-state index in [-0.39, 0.29) is 6.61 Å². The molecule has 0 aliphatic rings. The molecule has 0 radical (unpaired) electrons. The summed E-state index contributed by atoms with van der Waals surface area (Å²) in [6, 6.07) is 7.28. The lowest BCUT2D eigenvalue weighted by molar-refractivity contribution is 0.112. The van der Waals surface area contributed by atoms with Crippen molar-refractivity contribution in [1.29, 1.82) is 0 Å². The zero-order chi connectivity index (χ0) is 9.68. The van der Waals surface area contributed by atoms with Gasteiger partial charge in [0.15, 0.2) is 6.29 Å². The van der Waals surface area contributed by atoms with Gasteiger partial charge in [0.2, 0.25) is 0 Å². The predicted molar refractivity (Wildman–Crippen MR) is 52.6 cm³/mol. The average Bonchev–Trinajstić information content (AvgIpc) is 2.18. The molecule has 13 heavy (non-hydrogen) atoms. The lowest BCUT2D eigenvalue weighted by Gasteiger charge is -1.99. The molecule has 0 amide bonds. The first-order valence-electron chi connectivity index (χ1n) is 4.10. The van der Waals surface area contributed by atoms with Gasteiger partial charge in [-0.05, 0) is 18.1 Å². The lowest BCUT2D eigenvalue weighted by Crippen LogP contribution is -1.88. The molecule has 2 nitrogen and oxygen atoms in total. The third-order valence-corrected chi connectivity index (χ3v) is 1.77. The molecule has 0 heterocycles. The molecule has 0 saturated heterocycles. The molecule has 0 spiro atoms. The second-order valence-electron chi connectivity index (χ2n) is 2.90.